The van der Waals surface area contributed by atoms with Gasteiger partial charge < -0.3 is 10.2 Å². The van der Waals surface area contributed by atoms with Crippen molar-refractivity contribution < 1.29 is 0 Å². The molecule has 0 bridgehead atoms. The van der Waals surface area contributed by atoms with E-state index in [0.717, 1.165) is 24.5 Å². The first-order valence-corrected chi connectivity index (χ1v) is 7.74. The van der Waals surface area contributed by atoms with Crippen molar-refractivity contribution in [1.29, 1.82) is 0 Å². The van der Waals surface area contributed by atoms with Crippen LogP contribution in [0, 0.1) is 0 Å². The van der Waals surface area contributed by atoms with Crippen LogP contribution in [0.4, 0.5) is 0 Å². The molecular formula is C16H27ClN2. The Morgan fingerprint density at radius 3 is 2.37 bits per heavy atom. The Bertz CT molecular complexity index is 337. The van der Waals surface area contributed by atoms with Gasteiger partial charge in [-0.15, -0.1) is 0 Å². The topological polar surface area (TPSA) is 15.3 Å². The van der Waals surface area contributed by atoms with E-state index >= 15 is 0 Å². The lowest BCUT2D eigenvalue weighted by Gasteiger charge is -2.24. The van der Waals surface area contributed by atoms with E-state index in [2.05, 4.69) is 36.2 Å². The predicted octanol–water partition coefficient (Wildman–Crippen LogP) is 4.11. The fourth-order valence-electron chi connectivity index (χ4n) is 2.29. The van der Waals surface area contributed by atoms with E-state index in [1.54, 1.807) is 0 Å². The SMILES string of the molecule is CCCCN(CC)CCC(NC)c1ccc(Cl)cc1. The maximum atomic E-state index is 5.94. The third-order valence-corrected chi connectivity index (χ3v) is 3.88. The zero-order valence-electron chi connectivity index (χ0n) is 12.5. The maximum absolute atomic E-state index is 5.94. The molecule has 0 aliphatic rings. The monoisotopic (exact) mass is 282 g/mol. The number of nitrogens with zero attached hydrogens (tertiary/aromatic N) is 1. The molecule has 1 aromatic carbocycles. The van der Waals surface area contributed by atoms with Crippen LogP contribution in [0.15, 0.2) is 24.3 Å². The van der Waals surface area contributed by atoms with Crippen LogP contribution in [-0.2, 0) is 0 Å². The Morgan fingerprint density at radius 2 is 1.84 bits per heavy atom. The van der Waals surface area contributed by atoms with E-state index in [1.165, 1.54) is 24.9 Å². The first-order valence-electron chi connectivity index (χ1n) is 7.36. The average molecular weight is 283 g/mol. The summed E-state index contributed by atoms with van der Waals surface area (Å²) in [4.78, 5) is 2.53. The van der Waals surface area contributed by atoms with E-state index in [1.807, 2.05) is 19.2 Å². The molecule has 0 saturated heterocycles. The molecule has 0 aliphatic carbocycles. The van der Waals surface area contributed by atoms with Crippen molar-refractivity contribution in [2.75, 3.05) is 26.7 Å². The normalized spacial score (nSPS) is 12.9. The molecular weight excluding hydrogens is 256 g/mol. The van der Waals surface area contributed by atoms with E-state index in [0.29, 0.717) is 6.04 Å². The lowest BCUT2D eigenvalue weighted by Crippen LogP contribution is -2.29. The fourth-order valence-corrected chi connectivity index (χ4v) is 2.42. The number of hydrogen-bond acceptors (Lipinski definition) is 2. The van der Waals surface area contributed by atoms with Crippen LogP contribution in [0.3, 0.4) is 0 Å². The smallest absolute Gasteiger partial charge is 0.0406 e. The van der Waals surface area contributed by atoms with E-state index in [9.17, 15) is 0 Å². The zero-order chi connectivity index (χ0) is 14.1. The largest absolute Gasteiger partial charge is 0.313 e. The molecule has 0 radical (unpaired) electrons. The van der Waals surface area contributed by atoms with Crippen molar-refractivity contribution in [3.63, 3.8) is 0 Å². The highest BCUT2D eigenvalue weighted by molar-refractivity contribution is 6.30. The molecule has 0 aromatic heterocycles. The second-order valence-electron chi connectivity index (χ2n) is 4.97. The number of nitrogens with one attached hydrogen (secondary N) is 1. The van der Waals surface area contributed by atoms with Gasteiger partial charge in [0, 0.05) is 11.1 Å². The van der Waals surface area contributed by atoms with Gasteiger partial charge in [0.15, 0.2) is 0 Å². The van der Waals surface area contributed by atoms with Crippen molar-refractivity contribution >= 4 is 11.6 Å². The minimum atomic E-state index is 0.410. The second-order valence-corrected chi connectivity index (χ2v) is 5.41. The number of hydrogen-bond donors (Lipinski definition) is 1. The summed E-state index contributed by atoms with van der Waals surface area (Å²) in [5.41, 5.74) is 1.32. The predicted molar refractivity (Wildman–Crippen MR) is 84.9 cm³/mol. The van der Waals surface area contributed by atoms with Gasteiger partial charge in [-0.1, -0.05) is 44.0 Å². The van der Waals surface area contributed by atoms with Gasteiger partial charge in [-0.3, -0.25) is 0 Å². The van der Waals surface area contributed by atoms with Gasteiger partial charge in [-0.05, 0) is 57.2 Å². The van der Waals surface area contributed by atoms with Crippen molar-refractivity contribution in [1.82, 2.24) is 10.2 Å². The van der Waals surface area contributed by atoms with Crippen molar-refractivity contribution in [2.45, 2.75) is 39.2 Å². The van der Waals surface area contributed by atoms with Gasteiger partial charge in [0.1, 0.15) is 0 Å². The Balaban J connectivity index is 2.49. The molecule has 19 heavy (non-hydrogen) atoms. The van der Waals surface area contributed by atoms with Gasteiger partial charge in [0.2, 0.25) is 0 Å². The molecule has 0 spiro atoms. The van der Waals surface area contributed by atoms with Gasteiger partial charge in [0.05, 0.1) is 0 Å². The highest BCUT2D eigenvalue weighted by Gasteiger charge is 2.11. The molecule has 108 valence electrons. The quantitative estimate of drug-likeness (QED) is 0.733. The van der Waals surface area contributed by atoms with E-state index < -0.39 is 0 Å². The summed E-state index contributed by atoms with van der Waals surface area (Å²) in [5, 5.41) is 4.21. The van der Waals surface area contributed by atoms with E-state index in [4.69, 9.17) is 11.6 Å². The molecule has 3 heteroatoms. The first-order chi connectivity index (χ1) is 9.21. The van der Waals surface area contributed by atoms with Gasteiger partial charge in [0.25, 0.3) is 0 Å². The van der Waals surface area contributed by atoms with Crippen molar-refractivity contribution in [3.05, 3.63) is 34.9 Å². The Labute approximate surface area is 123 Å². The van der Waals surface area contributed by atoms with Gasteiger partial charge >= 0.3 is 0 Å². The fraction of sp³-hybridized carbons (Fsp3) is 0.625. The number of unbranched alkanes of at least 4 members (excludes halogenated alkanes) is 1. The average Bonchev–Trinajstić information content (AvgIpc) is 2.44. The van der Waals surface area contributed by atoms with Gasteiger partial charge in [-0.25, -0.2) is 0 Å². The number of benzene rings is 1. The molecule has 1 rings (SSSR count). The van der Waals surface area contributed by atoms with Crippen LogP contribution in [0.25, 0.3) is 0 Å². The molecule has 0 heterocycles. The summed E-state index contributed by atoms with van der Waals surface area (Å²) < 4.78 is 0. The second kappa shape index (κ2) is 9.35. The third kappa shape index (κ3) is 5.94. The molecule has 0 aliphatic heterocycles. The molecule has 0 fully saturated rings. The third-order valence-electron chi connectivity index (χ3n) is 3.63. The molecule has 1 N–H and O–H groups in total. The molecule has 0 amide bonds. The number of halogens is 1. The summed E-state index contributed by atoms with van der Waals surface area (Å²) >= 11 is 5.94. The van der Waals surface area contributed by atoms with Crippen LogP contribution in [0.5, 0.6) is 0 Å². The summed E-state index contributed by atoms with van der Waals surface area (Å²) in [6, 6.07) is 8.58. The Morgan fingerprint density at radius 1 is 1.16 bits per heavy atom. The lowest BCUT2D eigenvalue weighted by molar-refractivity contribution is 0.267. The van der Waals surface area contributed by atoms with Crippen LogP contribution in [0.1, 0.15) is 44.7 Å². The summed E-state index contributed by atoms with van der Waals surface area (Å²) in [6.45, 7) is 7.98. The number of rotatable bonds is 9. The zero-order valence-corrected chi connectivity index (χ0v) is 13.2. The summed E-state index contributed by atoms with van der Waals surface area (Å²) in [5.74, 6) is 0. The summed E-state index contributed by atoms with van der Waals surface area (Å²) in [7, 11) is 2.03. The lowest BCUT2D eigenvalue weighted by atomic mass is 10.0. The highest BCUT2D eigenvalue weighted by atomic mass is 35.5. The van der Waals surface area contributed by atoms with Crippen LogP contribution in [-0.4, -0.2) is 31.6 Å². The minimum absolute atomic E-state index is 0.410. The van der Waals surface area contributed by atoms with Crippen LogP contribution in [0.2, 0.25) is 5.02 Å². The molecule has 2 nitrogen and oxygen atoms in total. The van der Waals surface area contributed by atoms with Crippen molar-refractivity contribution in [2.24, 2.45) is 0 Å². The highest BCUT2D eigenvalue weighted by Crippen LogP contribution is 2.19. The van der Waals surface area contributed by atoms with Crippen LogP contribution < -0.4 is 5.32 Å². The van der Waals surface area contributed by atoms with E-state index in [-0.39, 0.29) is 0 Å². The molecule has 1 unspecified atom stereocenters. The van der Waals surface area contributed by atoms with Crippen molar-refractivity contribution in [3.8, 4) is 0 Å². The minimum Gasteiger partial charge on any atom is -0.313 e. The Hall–Kier alpha value is -0.570. The summed E-state index contributed by atoms with van der Waals surface area (Å²) in [6.07, 6.45) is 3.69. The maximum Gasteiger partial charge on any atom is 0.0406 e. The molecule has 1 atom stereocenters. The molecule has 1 aromatic rings. The first kappa shape index (κ1) is 16.5. The molecule has 0 saturated carbocycles. The standard InChI is InChI=1S/C16H27ClN2/c1-4-6-12-19(5-2)13-11-16(18-3)14-7-9-15(17)10-8-14/h7-10,16,18H,4-6,11-13H2,1-3H3. The van der Waals surface area contributed by atoms with Crippen LogP contribution >= 0.6 is 11.6 Å². The van der Waals surface area contributed by atoms with Gasteiger partial charge in [-0.2, -0.15) is 0 Å². The Kier molecular flexibility index (Phi) is 8.11.